The van der Waals surface area contributed by atoms with E-state index in [1.165, 1.54) is 30.4 Å². The van der Waals surface area contributed by atoms with Crippen molar-refractivity contribution in [3.63, 3.8) is 0 Å². The van der Waals surface area contributed by atoms with Crippen molar-refractivity contribution in [1.29, 1.82) is 0 Å². The van der Waals surface area contributed by atoms with Gasteiger partial charge in [-0.05, 0) is 38.5 Å². The molecular formula is C16H24. The van der Waals surface area contributed by atoms with Gasteiger partial charge in [-0.1, -0.05) is 61.4 Å². The maximum Gasteiger partial charge on any atom is -0.0247 e. The van der Waals surface area contributed by atoms with Crippen molar-refractivity contribution in [2.45, 2.75) is 46.5 Å². The Morgan fingerprint density at radius 3 is 2.69 bits per heavy atom. The van der Waals surface area contributed by atoms with Crippen LogP contribution in [-0.4, -0.2) is 0 Å². The highest BCUT2D eigenvalue weighted by atomic mass is 14.1. The van der Waals surface area contributed by atoms with E-state index >= 15 is 0 Å². The molecule has 0 aromatic carbocycles. The fourth-order valence-electron chi connectivity index (χ4n) is 1.73. The lowest BCUT2D eigenvalue weighted by Crippen LogP contribution is -1.92. The molecule has 0 atom stereocenters. The van der Waals surface area contributed by atoms with Gasteiger partial charge in [-0.25, -0.2) is 0 Å². The Hall–Kier alpha value is -1.04. The third-order valence-corrected chi connectivity index (χ3v) is 2.93. The van der Waals surface area contributed by atoms with E-state index in [4.69, 9.17) is 0 Å². The zero-order valence-corrected chi connectivity index (χ0v) is 10.9. The van der Waals surface area contributed by atoms with Crippen LogP contribution in [0.4, 0.5) is 0 Å². The summed E-state index contributed by atoms with van der Waals surface area (Å²) in [4.78, 5) is 0. The van der Waals surface area contributed by atoms with Gasteiger partial charge in [-0.2, -0.15) is 0 Å². The zero-order valence-electron chi connectivity index (χ0n) is 10.9. The molecule has 0 heteroatoms. The third kappa shape index (κ3) is 5.16. The summed E-state index contributed by atoms with van der Waals surface area (Å²) in [5.74, 6) is 0.622. The Labute approximate surface area is 100 Å². The highest BCUT2D eigenvalue weighted by Gasteiger charge is 2.03. The van der Waals surface area contributed by atoms with Gasteiger partial charge in [-0.15, -0.1) is 0 Å². The minimum atomic E-state index is 0.622. The van der Waals surface area contributed by atoms with Gasteiger partial charge in [0, 0.05) is 0 Å². The van der Waals surface area contributed by atoms with Crippen molar-refractivity contribution in [1.82, 2.24) is 0 Å². The van der Waals surface area contributed by atoms with E-state index in [1.54, 1.807) is 5.57 Å². The van der Waals surface area contributed by atoms with Gasteiger partial charge in [0.25, 0.3) is 0 Å². The molecule has 0 bridgehead atoms. The van der Waals surface area contributed by atoms with E-state index in [2.05, 4.69) is 51.7 Å². The van der Waals surface area contributed by atoms with Gasteiger partial charge in [0.1, 0.15) is 0 Å². The minimum absolute atomic E-state index is 0.622. The smallest absolute Gasteiger partial charge is 0.0247 e. The maximum absolute atomic E-state index is 4.10. The van der Waals surface area contributed by atoms with Gasteiger partial charge >= 0.3 is 0 Å². The highest BCUT2D eigenvalue weighted by Crippen LogP contribution is 2.23. The Morgan fingerprint density at radius 2 is 2.12 bits per heavy atom. The van der Waals surface area contributed by atoms with Crippen molar-refractivity contribution >= 4 is 0 Å². The van der Waals surface area contributed by atoms with E-state index in [1.807, 2.05) is 0 Å². The SMILES string of the molecule is C=C(/C=C\C(C)C)CCC1=CC=C(C)CC1. The molecule has 0 heterocycles. The first-order chi connectivity index (χ1) is 7.58. The molecule has 0 unspecified atom stereocenters. The molecule has 0 saturated carbocycles. The minimum Gasteiger partial charge on any atom is -0.0958 e. The van der Waals surface area contributed by atoms with Gasteiger partial charge in [0.2, 0.25) is 0 Å². The van der Waals surface area contributed by atoms with E-state index < -0.39 is 0 Å². The Morgan fingerprint density at radius 1 is 1.38 bits per heavy atom. The summed E-state index contributed by atoms with van der Waals surface area (Å²) in [7, 11) is 0. The Bertz CT molecular complexity index is 324. The second-order valence-electron chi connectivity index (χ2n) is 5.10. The van der Waals surface area contributed by atoms with Crippen molar-refractivity contribution < 1.29 is 0 Å². The predicted octanol–water partition coefficient (Wildman–Crippen LogP) is 5.20. The summed E-state index contributed by atoms with van der Waals surface area (Å²) in [5, 5.41) is 0. The van der Waals surface area contributed by atoms with Crippen LogP contribution in [0.5, 0.6) is 0 Å². The monoisotopic (exact) mass is 216 g/mol. The van der Waals surface area contributed by atoms with Crippen molar-refractivity contribution in [3.05, 3.63) is 47.6 Å². The standard InChI is InChI=1S/C16H24/c1-13(2)5-6-14(3)7-10-16-11-8-15(4)9-12-16/h5-6,8,11,13H,3,7,9-10,12H2,1-2,4H3/b6-5-. The van der Waals surface area contributed by atoms with Crippen LogP contribution in [0.3, 0.4) is 0 Å². The lowest BCUT2D eigenvalue weighted by atomic mass is 9.94. The normalized spacial score (nSPS) is 16.5. The molecule has 0 saturated heterocycles. The first-order valence-corrected chi connectivity index (χ1v) is 6.29. The molecular weight excluding hydrogens is 192 g/mol. The summed E-state index contributed by atoms with van der Waals surface area (Å²) in [6.45, 7) is 10.7. The molecule has 0 radical (unpaired) electrons. The van der Waals surface area contributed by atoms with E-state index in [9.17, 15) is 0 Å². The molecule has 0 N–H and O–H groups in total. The van der Waals surface area contributed by atoms with Crippen LogP contribution in [0, 0.1) is 5.92 Å². The van der Waals surface area contributed by atoms with Crippen molar-refractivity contribution in [2.24, 2.45) is 5.92 Å². The third-order valence-electron chi connectivity index (χ3n) is 2.93. The van der Waals surface area contributed by atoms with E-state index in [0.717, 1.165) is 6.42 Å². The van der Waals surface area contributed by atoms with Crippen molar-refractivity contribution in [2.75, 3.05) is 0 Å². The van der Waals surface area contributed by atoms with E-state index in [-0.39, 0.29) is 0 Å². The molecule has 0 aromatic heterocycles. The topological polar surface area (TPSA) is 0 Å². The average molecular weight is 216 g/mol. The first-order valence-electron chi connectivity index (χ1n) is 6.29. The van der Waals surface area contributed by atoms with Crippen LogP contribution < -0.4 is 0 Å². The molecule has 1 aliphatic carbocycles. The largest absolute Gasteiger partial charge is 0.0958 e. The summed E-state index contributed by atoms with van der Waals surface area (Å²) < 4.78 is 0. The maximum atomic E-state index is 4.10. The second kappa shape index (κ2) is 6.52. The molecule has 16 heavy (non-hydrogen) atoms. The van der Waals surface area contributed by atoms with Crippen LogP contribution in [0.2, 0.25) is 0 Å². The summed E-state index contributed by atoms with van der Waals surface area (Å²) >= 11 is 0. The lowest BCUT2D eigenvalue weighted by Gasteiger charge is -2.11. The summed E-state index contributed by atoms with van der Waals surface area (Å²) in [6.07, 6.45) is 13.7. The fraction of sp³-hybridized carbons (Fsp3) is 0.500. The van der Waals surface area contributed by atoms with Crippen LogP contribution >= 0.6 is 0 Å². The molecule has 0 aromatic rings. The molecule has 0 amide bonds. The van der Waals surface area contributed by atoms with Gasteiger partial charge < -0.3 is 0 Å². The molecule has 0 nitrogen and oxygen atoms in total. The summed E-state index contributed by atoms with van der Waals surface area (Å²) in [5.41, 5.74) is 4.33. The van der Waals surface area contributed by atoms with Gasteiger partial charge in [-0.3, -0.25) is 0 Å². The molecule has 1 rings (SSSR count). The fourth-order valence-corrected chi connectivity index (χ4v) is 1.73. The predicted molar refractivity (Wildman–Crippen MR) is 73.4 cm³/mol. The molecule has 0 aliphatic heterocycles. The number of allylic oxidation sites excluding steroid dienone is 7. The molecule has 0 fully saturated rings. The Kier molecular flexibility index (Phi) is 5.31. The van der Waals surface area contributed by atoms with E-state index in [0.29, 0.717) is 5.92 Å². The zero-order chi connectivity index (χ0) is 12.0. The average Bonchev–Trinajstić information content (AvgIpc) is 2.25. The number of rotatable bonds is 5. The first kappa shape index (κ1) is 13.0. The lowest BCUT2D eigenvalue weighted by molar-refractivity contribution is 0.811. The van der Waals surface area contributed by atoms with Crippen molar-refractivity contribution in [3.8, 4) is 0 Å². The van der Waals surface area contributed by atoms with Crippen LogP contribution in [-0.2, 0) is 0 Å². The quantitative estimate of drug-likeness (QED) is 0.554. The van der Waals surface area contributed by atoms with Gasteiger partial charge in [0.15, 0.2) is 0 Å². The van der Waals surface area contributed by atoms with Crippen LogP contribution in [0.25, 0.3) is 0 Å². The molecule has 88 valence electrons. The Balaban J connectivity index is 2.32. The molecule has 0 spiro atoms. The summed E-state index contributed by atoms with van der Waals surface area (Å²) in [6, 6.07) is 0. The van der Waals surface area contributed by atoms with Crippen LogP contribution in [0.15, 0.2) is 47.6 Å². The number of hydrogen-bond donors (Lipinski definition) is 0. The van der Waals surface area contributed by atoms with Gasteiger partial charge in [0.05, 0.1) is 0 Å². The van der Waals surface area contributed by atoms with Crippen LogP contribution in [0.1, 0.15) is 46.5 Å². The number of hydrogen-bond acceptors (Lipinski definition) is 0. The molecule has 1 aliphatic rings. The second-order valence-corrected chi connectivity index (χ2v) is 5.10. The highest BCUT2D eigenvalue weighted by molar-refractivity contribution is 5.24.